The summed E-state index contributed by atoms with van der Waals surface area (Å²) >= 11 is 3.10. The molecule has 0 N–H and O–H groups in total. The van der Waals surface area contributed by atoms with Crippen LogP contribution in [0.15, 0.2) is 52.1 Å². The van der Waals surface area contributed by atoms with Crippen molar-refractivity contribution in [3.05, 3.63) is 63.2 Å². The molecule has 0 aliphatic carbocycles. The van der Waals surface area contributed by atoms with Gasteiger partial charge in [0.15, 0.2) is 5.78 Å². The fourth-order valence-corrected chi connectivity index (χ4v) is 1.95. The molecule has 0 aliphatic rings. The van der Waals surface area contributed by atoms with Crippen molar-refractivity contribution in [2.45, 2.75) is 13.0 Å². The number of halogens is 1. The van der Waals surface area contributed by atoms with Crippen molar-refractivity contribution in [1.82, 2.24) is 9.55 Å². The van der Waals surface area contributed by atoms with Gasteiger partial charge >= 0.3 is 0 Å². The third-order valence-electron chi connectivity index (χ3n) is 2.45. The van der Waals surface area contributed by atoms with Crippen LogP contribution < -0.4 is 5.56 Å². The minimum Gasteiger partial charge on any atom is -0.297 e. The normalized spacial score (nSPS) is 10.3. The lowest BCUT2D eigenvalue weighted by Crippen LogP contribution is -2.25. The molecule has 0 saturated carbocycles. The van der Waals surface area contributed by atoms with Crippen LogP contribution in [-0.4, -0.2) is 15.3 Å². The molecule has 4 nitrogen and oxygen atoms in total. The van der Waals surface area contributed by atoms with E-state index in [0.717, 1.165) is 5.56 Å². The average molecular weight is 307 g/mol. The minimum absolute atomic E-state index is 0.0248. The number of Topliss-reactive ketones (excluding diaryl/α,β-unsaturated/α-hetero) is 1. The van der Waals surface area contributed by atoms with Gasteiger partial charge in [0.2, 0.25) is 0 Å². The van der Waals surface area contributed by atoms with Crippen LogP contribution in [0.3, 0.4) is 0 Å². The summed E-state index contributed by atoms with van der Waals surface area (Å²) in [5.41, 5.74) is 0.699. The van der Waals surface area contributed by atoms with E-state index in [0.29, 0.717) is 10.9 Å². The fraction of sp³-hybridized carbons (Fsp3) is 0.154. The minimum atomic E-state index is -0.244. The van der Waals surface area contributed by atoms with Crippen LogP contribution in [0.4, 0.5) is 0 Å². The lowest BCUT2D eigenvalue weighted by molar-refractivity contribution is -0.119. The number of rotatable bonds is 4. The Morgan fingerprint density at radius 3 is 2.72 bits per heavy atom. The van der Waals surface area contributed by atoms with Gasteiger partial charge in [-0.15, -0.1) is 0 Å². The third kappa shape index (κ3) is 3.13. The molecule has 0 spiro atoms. The molecular formula is C13H11BrN2O2. The van der Waals surface area contributed by atoms with Crippen LogP contribution in [0.2, 0.25) is 0 Å². The van der Waals surface area contributed by atoms with Gasteiger partial charge in [-0.05, 0) is 21.5 Å². The highest BCUT2D eigenvalue weighted by Crippen LogP contribution is 2.02. The van der Waals surface area contributed by atoms with E-state index in [1.807, 2.05) is 30.3 Å². The summed E-state index contributed by atoms with van der Waals surface area (Å²) in [5, 5.41) is 0. The molecule has 1 heterocycles. The third-order valence-corrected chi connectivity index (χ3v) is 2.99. The van der Waals surface area contributed by atoms with E-state index < -0.39 is 0 Å². The number of carbonyl (C=O) groups excluding carboxylic acids is 1. The van der Waals surface area contributed by atoms with E-state index in [1.165, 1.54) is 17.1 Å². The lowest BCUT2D eigenvalue weighted by Gasteiger charge is -2.04. The standard InChI is InChI=1S/C13H11BrN2O2/c14-12-7-15-9-16(13(12)18)8-11(17)6-10-4-2-1-3-5-10/h1-5,7,9H,6,8H2. The molecule has 1 aromatic heterocycles. The number of hydrogen-bond donors (Lipinski definition) is 0. The first-order valence-corrected chi connectivity index (χ1v) is 6.21. The predicted octanol–water partition coefficient (Wildman–Crippen LogP) is 1.82. The SMILES string of the molecule is O=C(Cc1ccccc1)Cn1cncc(Br)c1=O. The lowest BCUT2D eigenvalue weighted by atomic mass is 10.1. The van der Waals surface area contributed by atoms with Gasteiger partial charge in [0.1, 0.15) is 4.47 Å². The molecule has 18 heavy (non-hydrogen) atoms. The highest BCUT2D eigenvalue weighted by atomic mass is 79.9. The molecule has 0 atom stereocenters. The molecule has 0 radical (unpaired) electrons. The molecule has 0 aliphatic heterocycles. The molecule has 0 bridgehead atoms. The number of aromatic nitrogens is 2. The van der Waals surface area contributed by atoms with Crippen LogP contribution >= 0.6 is 15.9 Å². The second-order valence-electron chi connectivity index (χ2n) is 3.88. The van der Waals surface area contributed by atoms with Gasteiger partial charge in [0.25, 0.3) is 5.56 Å². The monoisotopic (exact) mass is 306 g/mol. The highest BCUT2D eigenvalue weighted by Gasteiger charge is 2.07. The van der Waals surface area contributed by atoms with Crippen LogP contribution in [0.1, 0.15) is 5.56 Å². The molecule has 92 valence electrons. The maximum absolute atomic E-state index is 11.8. The quantitative estimate of drug-likeness (QED) is 0.866. The second kappa shape index (κ2) is 5.73. The number of hydrogen-bond acceptors (Lipinski definition) is 3. The molecular weight excluding hydrogens is 296 g/mol. The topological polar surface area (TPSA) is 52.0 Å². The summed E-state index contributed by atoms with van der Waals surface area (Å²) in [6.07, 6.45) is 3.11. The summed E-state index contributed by atoms with van der Waals surface area (Å²) in [5.74, 6) is -0.0248. The molecule has 0 amide bonds. The van der Waals surface area contributed by atoms with Gasteiger partial charge < -0.3 is 0 Å². The summed E-state index contributed by atoms with van der Waals surface area (Å²) in [6.45, 7) is 0.0418. The van der Waals surface area contributed by atoms with E-state index in [2.05, 4.69) is 20.9 Å². The van der Waals surface area contributed by atoms with E-state index >= 15 is 0 Å². The number of carbonyl (C=O) groups is 1. The maximum atomic E-state index is 11.8. The summed E-state index contributed by atoms with van der Waals surface area (Å²) in [7, 11) is 0. The van der Waals surface area contributed by atoms with Gasteiger partial charge in [-0.25, -0.2) is 4.98 Å². The summed E-state index contributed by atoms with van der Waals surface area (Å²) in [6, 6.07) is 9.45. The number of benzene rings is 1. The highest BCUT2D eigenvalue weighted by molar-refractivity contribution is 9.10. The van der Waals surface area contributed by atoms with Crippen LogP contribution in [0.25, 0.3) is 0 Å². The zero-order chi connectivity index (χ0) is 13.0. The Hall–Kier alpha value is -1.75. The van der Waals surface area contributed by atoms with E-state index in [9.17, 15) is 9.59 Å². The summed E-state index contributed by atoms with van der Waals surface area (Å²) < 4.78 is 1.66. The molecule has 5 heteroatoms. The molecule has 1 aromatic carbocycles. The van der Waals surface area contributed by atoms with Gasteiger partial charge in [-0.3, -0.25) is 14.2 Å². The van der Waals surface area contributed by atoms with Gasteiger partial charge in [-0.2, -0.15) is 0 Å². The molecule has 0 fully saturated rings. The van der Waals surface area contributed by atoms with Gasteiger partial charge in [0, 0.05) is 12.6 Å². The van der Waals surface area contributed by atoms with Crippen molar-refractivity contribution in [3.8, 4) is 0 Å². The second-order valence-corrected chi connectivity index (χ2v) is 4.73. The Labute approximate surface area is 112 Å². The average Bonchev–Trinajstić information content (AvgIpc) is 2.36. The molecule has 0 unspecified atom stereocenters. The van der Waals surface area contributed by atoms with Crippen LogP contribution in [0.5, 0.6) is 0 Å². The van der Waals surface area contributed by atoms with Crippen molar-refractivity contribution in [3.63, 3.8) is 0 Å². The first-order valence-electron chi connectivity index (χ1n) is 5.42. The zero-order valence-corrected chi connectivity index (χ0v) is 11.1. The van der Waals surface area contributed by atoms with Crippen LogP contribution in [0, 0.1) is 0 Å². The largest absolute Gasteiger partial charge is 0.297 e. The summed E-state index contributed by atoms with van der Waals surface area (Å²) in [4.78, 5) is 27.4. The van der Waals surface area contributed by atoms with Gasteiger partial charge in [-0.1, -0.05) is 30.3 Å². The van der Waals surface area contributed by atoms with E-state index in [-0.39, 0.29) is 17.9 Å². The van der Waals surface area contributed by atoms with Crippen molar-refractivity contribution < 1.29 is 4.79 Å². The fourth-order valence-electron chi connectivity index (χ4n) is 1.61. The van der Waals surface area contributed by atoms with E-state index in [1.54, 1.807) is 0 Å². The first-order chi connectivity index (χ1) is 8.66. The van der Waals surface area contributed by atoms with Crippen LogP contribution in [-0.2, 0) is 17.8 Å². The van der Waals surface area contributed by atoms with Crippen molar-refractivity contribution in [2.75, 3.05) is 0 Å². The Balaban J connectivity index is 2.08. The van der Waals surface area contributed by atoms with Crippen molar-refractivity contribution >= 4 is 21.7 Å². The Morgan fingerprint density at radius 2 is 2.00 bits per heavy atom. The number of nitrogens with zero attached hydrogens (tertiary/aromatic N) is 2. The van der Waals surface area contributed by atoms with Gasteiger partial charge in [0.05, 0.1) is 12.9 Å². The Bertz CT molecular complexity index is 608. The Morgan fingerprint density at radius 1 is 1.28 bits per heavy atom. The maximum Gasteiger partial charge on any atom is 0.268 e. The molecule has 2 aromatic rings. The zero-order valence-electron chi connectivity index (χ0n) is 9.54. The molecule has 2 rings (SSSR count). The number of ketones is 1. The molecule has 0 saturated heterocycles. The smallest absolute Gasteiger partial charge is 0.268 e. The predicted molar refractivity (Wildman–Crippen MR) is 71.4 cm³/mol. The van der Waals surface area contributed by atoms with Crippen molar-refractivity contribution in [2.24, 2.45) is 0 Å². The Kier molecular flexibility index (Phi) is 4.04. The van der Waals surface area contributed by atoms with E-state index in [4.69, 9.17) is 0 Å². The first kappa shape index (κ1) is 12.7. The van der Waals surface area contributed by atoms with Crippen molar-refractivity contribution in [1.29, 1.82) is 0 Å².